The van der Waals surface area contributed by atoms with Crippen molar-refractivity contribution in [2.75, 3.05) is 5.32 Å². The van der Waals surface area contributed by atoms with E-state index in [-0.39, 0.29) is 6.42 Å². The molecule has 0 aromatic heterocycles. The van der Waals surface area contributed by atoms with E-state index >= 15 is 0 Å². The molecule has 0 spiro atoms. The summed E-state index contributed by atoms with van der Waals surface area (Å²) in [5.41, 5.74) is 1.51. The summed E-state index contributed by atoms with van der Waals surface area (Å²) < 4.78 is 13.4. The molecule has 0 saturated heterocycles. The normalized spacial score (nSPS) is 10.6. The van der Waals surface area contributed by atoms with Crippen molar-refractivity contribution in [1.82, 2.24) is 0 Å². The number of rotatable bonds is 5. The maximum Gasteiger partial charge on any atom is 0.307 e. The lowest BCUT2D eigenvalue weighted by Crippen LogP contribution is -2.08. The molecule has 4 nitrogen and oxygen atoms in total. The second-order valence-corrected chi connectivity index (χ2v) is 4.61. The lowest BCUT2D eigenvalue weighted by molar-refractivity contribution is -0.136. The molecule has 0 bridgehead atoms. The first-order valence-corrected chi connectivity index (χ1v) is 6.59. The van der Waals surface area contributed by atoms with Crippen molar-refractivity contribution in [3.63, 3.8) is 0 Å². The number of hydrogen-bond acceptors (Lipinski definition) is 2. The number of hydrogen-bond donors (Lipinski definition) is 2. The molecule has 5 heteroatoms. The molecule has 1 amide bonds. The maximum absolute atomic E-state index is 13.4. The second kappa shape index (κ2) is 7.17. The molecule has 2 aromatic carbocycles. The summed E-state index contributed by atoms with van der Waals surface area (Å²) in [7, 11) is 0. The Morgan fingerprint density at radius 1 is 1.09 bits per heavy atom. The van der Waals surface area contributed by atoms with Crippen LogP contribution >= 0.6 is 0 Å². The number of anilines is 1. The van der Waals surface area contributed by atoms with E-state index in [1.54, 1.807) is 42.5 Å². The zero-order valence-corrected chi connectivity index (χ0v) is 11.6. The van der Waals surface area contributed by atoms with Crippen molar-refractivity contribution in [1.29, 1.82) is 0 Å². The Morgan fingerprint density at radius 3 is 2.41 bits per heavy atom. The van der Waals surface area contributed by atoms with E-state index < -0.39 is 17.7 Å². The maximum atomic E-state index is 13.4. The average molecular weight is 299 g/mol. The van der Waals surface area contributed by atoms with Gasteiger partial charge in [0.2, 0.25) is 5.91 Å². The fraction of sp³-hybridized carbons (Fsp3) is 0.0588. The Labute approximate surface area is 126 Å². The molecule has 0 aliphatic carbocycles. The SMILES string of the molecule is O=C(O)Cc1ccc(NC(=O)/C=C/c2ccccc2F)cc1. The Kier molecular flexibility index (Phi) is 5.03. The summed E-state index contributed by atoms with van der Waals surface area (Å²) in [6, 6.07) is 12.6. The third-order valence-corrected chi connectivity index (χ3v) is 2.90. The molecule has 2 rings (SSSR count). The van der Waals surface area contributed by atoms with Gasteiger partial charge in [-0.15, -0.1) is 0 Å². The first kappa shape index (κ1) is 15.4. The van der Waals surface area contributed by atoms with Crippen molar-refractivity contribution in [3.05, 3.63) is 71.6 Å². The molecule has 0 aliphatic rings. The zero-order chi connectivity index (χ0) is 15.9. The lowest BCUT2D eigenvalue weighted by atomic mass is 10.1. The van der Waals surface area contributed by atoms with Gasteiger partial charge in [-0.25, -0.2) is 4.39 Å². The first-order chi connectivity index (χ1) is 10.5. The molecule has 0 fully saturated rings. The Morgan fingerprint density at radius 2 is 1.77 bits per heavy atom. The van der Waals surface area contributed by atoms with E-state index in [2.05, 4.69) is 5.32 Å². The molecule has 2 aromatic rings. The molecular weight excluding hydrogens is 285 g/mol. The van der Waals surface area contributed by atoms with Crippen LogP contribution in [-0.4, -0.2) is 17.0 Å². The summed E-state index contributed by atoms with van der Waals surface area (Å²) in [6.07, 6.45) is 2.56. The fourth-order valence-corrected chi connectivity index (χ4v) is 1.84. The summed E-state index contributed by atoms with van der Waals surface area (Å²) in [5.74, 6) is -1.71. The van der Waals surface area contributed by atoms with Crippen LogP contribution in [0.1, 0.15) is 11.1 Å². The minimum atomic E-state index is -0.912. The third-order valence-electron chi connectivity index (χ3n) is 2.90. The molecule has 112 valence electrons. The van der Waals surface area contributed by atoms with Crippen LogP contribution in [-0.2, 0) is 16.0 Å². The van der Waals surface area contributed by atoms with Crippen LogP contribution in [0.15, 0.2) is 54.6 Å². The van der Waals surface area contributed by atoms with Gasteiger partial charge in [0.25, 0.3) is 0 Å². The van der Waals surface area contributed by atoms with Gasteiger partial charge in [-0.05, 0) is 29.8 Å². The first-order valence-electron chi connectivity index (χ1n) is 6.59. The van der Waals surface area contributed by atoms with E-state index in [4.69, 9.17) is 5.11 Å². The number of carbonyl (C=O) groups excluding carboxylic acids is 1. The van der Waals surface area contributed by atoms with Crippen LogP contribution in [0.3, 0.4) is 0 Å². The molecule has 2 N–H and O–H groups in total. The molecule has 0 saturated carbocycles. The molecule has 0 unspecified atom stereocenters. The second-order valence-electron chi connectivity index (χ2n) is 4.61. The van der Waals surface area contributed by atoms with Crippen molar-refractivity contribution < 1.29 is 19.1 Å². The quantitative estimate of drug-likeness (QED) is 0.834. The molecule has 0 radical (unpaired) electrons. The van der Waals surface area contributed by atoms with Crippen molar-refractivity contribution in [2.45, 2.75) is 6.42 Å². The summed E-state index contributed by atoms with van der Waals surface area (Å²) in [5, 5.41) is 11.3. The fourth-order valence-electron chi connectivity index (χ4n) is 1.84. The number of carboxylic acid groups (broad SMARTS) is 1. The van der Waals surface area contributed by atoms with Crippen LogP contribution in [0, 0.1) is 5.82 Å². The molecule has 0 heterocycles. The van der Waals surface area contributed by atoms with Crippen LogP contribution in [0.25, 0.3) is 6.08 Å². The highest BCUT2D eigenvalue weighted by Gasteiger charge is 2.02. The van der Waals surface area contributed by atoms with E-state index in [0.717, 1.165) is 0 Å². The summed E-state index contributed by atoms with van der Waals surface area (Å²) in [6.45, 7) is 0. The van der Waals surface area contributed by atoms with Gasteiger partial charge >= 0.3 is 5.97 Å². The average Bonchev–Trinajstić information content (AvgIpc) is 2.48. The van der Waals surface area contributed by atoms with Gasteiger partial charge in [0, 0.05) is 17.3 Å². The van der Waals surface area contributed by atoms with Gasteiger partial charge in [-0.2, -0.15) is 0 Å². The Hall–Kier alpha value is -2.95. The van der Waals surface area contributed by atoms with Crippen LogP contribution in [0.4, 0.5) is 10.1 Å². The number of halogens is 1. The standard InChI is InChI=1S/C17H14FNO3/c18-15-4-2-1-3-13(15)7-10-16(20)19-14-8-5-12(6-9-14)11-17(21)22/h1-10H,11H2,(H,19,20)(H,21,22)/b10-7+. The summed E-state index contributed by atoms with van der Waals surface area (Å²) in [4.78, 5) is 22.3. The highest BCUT2D eigenvalue weighted by molar-refractivity contribution is 6.01. The highest BCUT2D eigenvalue weighted by atomic mass is 19.1. The van der Waals surface area contributed by atoms with Crippen LogP contribution < -0.4 is 5.32 Å². The largest absolute Gasteiger partial charge is 0.481 e. The van der Waals surface area contributed by atoms with E-state index in [0.29, 0.717) is 16.8 Å². The lowest BCUT2D eigenvalue weighted by Gasteiger charge is -2.03. The minimum Gasteiger partial charge on any atom is -0.481 e. The van der Waals surface area contributed by atoms with Gasteiger partial charge in [-0.1, -0.05) is 30.3 Å². The summed E-state index contributed by atoms with van der Waals surface area (Å²) >= 11 is 0. The number of carboxylic acids is 1. The molecule has 0 atom stereocenters. The molecule has 22 heavy (non-hydrogen) atoms. The van der Waals surface area contributed by atoms with Gasteiger partial charge in [0.15, 0.2) is 0 Å². The monoisotopic (exact) mass is 299 g/mol. The van der Waals surface area contributed by atoms with Crippen LogP contribution in [0.2, 0.25) is 0 Å². The van der Waals surface area contributed by atoms with Crippen molar-refractivity contribution in [3.8, 4) is 0 Å². The van der Waals surface area contributed by atoms with Gasteiger partial charge in [-0.3, -0.25) is 9.59 Å². The van der Waals surface area contributed by atoms with Gasteiger partial charge < -0.3 is 10.4 Å². The number of amides is 1. The predicted molar refractivity (Wildman–Crippen MR) is 81.8 cm³/mol. The zero-order valence-electron chi connectivity index (χ0n) is 11.6. The molecule has 0 aliphatic heterocycles. The number of carbonyl (C=O) groups is 2. The van der Waals surface area contributed by atoms with E-state index in [9.17, 15) is 14.0 Å². The Balaban J connectivity index is 1.97. The van der Waals surface area contributed by atoms with Gasteiger partial charge in [0.1, 0.15) is 5.82 Å². The minimum absolute atomic E-state index is 0.0680. The van der Waals surface area contributed by atoms with Crippen LogP contribution in [0.5, 0.6) is 0 Å². The highest BCUT2D eigenvalue weighted by Crippen LogP contribution is 2.11. The van der Waals surface area contributed by atoms with E-state index in [1.165, 1.54) is 18.2 Å². The number of aliphatic carboxylic acids is 1. The van der Waals surface area contributed by atoms with Gasteiger partial charge in [0.05, 0.1) is 6.42 Å². The van der Waals surface area contributed by atoms with Crippen molar-refractivity contribution >= 4 is 23.6 Å². The van der Waals surface area contributed by atoms with Crippen molar-refractivity contribution in [2.24, 2.45) is 0 Å². The van der Waals surface area contributed by atoms with E-state index in [1.807, 2.05) is 0 Å². The smallest absolute Gasteiger partial charge is 0.307 e. The number of benzene rings is 2. The molecular formula is C17H14FNO3. The third kappa shape index (κ3) is 4.56. The predicted octanol–water partition coefficient (Wildman–Crippen LogP) is 3.10. The Bertz CT molecular complexity index is 708. The number of nitrogens with one attached hydrogen (secondary N) is 1. The topological polar surface area (TPSA) is 66.4 Å².